The molecule has 0 rings (SSSR count). The Balaban J connectivity index is 4.24. The lowest BCUT2D eigenvalue weighted by molar-refractivity contribution is -0.227. The van der Waals surface area contributed by atoms with Crippen LogP contribution in [0.25, 0.3) is 0 Å². The Kier molecular flexibility index (Phi) is 5.28. The van der Waals surface area contributed by atoms with Gasteiger partial charge in [-0.1, -0.05) is 6.92 Å². The van der Waals surface area contributed by atoms with Gasteiger partial charge in [-0.05, 0) is 32.6 Å². The van der Waals surface area contributed by atoms with Gasteiger partial charge in [-0.25, -0.2) is 4.39 Å². The first kappa shape index (κ1) is 16.5. The van der Waals surface area contributed by atoms with E-state index < -0.39 is 43.2 Å². The molecular formula is C10H15F7. The van der Waals surface area contributed by atoms with Crippen molar-refractivity contribution in [3.63, 3.8) is 0 Å². The average Bonchev–Trinajstić information content (AvgIpc) is 2.08. The number of rotatable bonds is 5. The third-order valence-electron chi connectivity index (χ3n) is 2.75. The first-order valence-electron chi connectivity index (χ1n) is 5.24. The molecule has 2 atom stereocenters. The van der Waals surface area contributed by atoms with Crippen LogP contribution in [-0.2, 0) is 0 Å². The normalized spacial score (nSPS) is 18.9. The Morgan fingerprint density at radius 1 is 0.941 bits per heavy atom. The highest BCUT2D eigenvalue weighted by atomic mass is 19.4. The Morgan fingerprint density at radius 3 is 1.71 bits per heavy atom. The van der Waals surface area contributed by atoms with E-state index in [1.165, 1.54) is 6.92 Å². The van der Waals surface area contributed by atoms with Crippen LogP contribution < -0.4 is 0 Å². The topological polar surface area (TPSA) is 0 Å². The predicted molar refractivity (Wildman–Crippen MR) is 49.3 cm³/mol. The summed E-state index contributed by atoms with van der Waals surface area (Å²) in [6.07, 6.45) is -11.5. The predicted octanol–water partition coefficient (Wildman–Crippen LogP) is 5.04. The van der Waals surface area contributed by atoms with Gasteiger partial charge in [0.1, 0.15) is 0 Å². The minimum absolute atomic E-state index is 0.210. The van der Waals surface area contributed by atoms with Gasteiger partial charge in [-0.15, -0.1) is 0 Å². The lowest BCUT2D eigenvalue weighted by Gasteiger charge is -2.25. The van der Waals surface area contributed by atoms with Crippen LogP contribution in [-0.4, -0.2) is 18.0 Å². The van der Waals surface area contributed by atoms with E-state index >= 15 is 0 Å². The molecule has 0 nitrogen and oxygen atoms in total. The van der Waals surface area contributed by atoms with Crippen molar-refractivity contribution in [3.05, 3.63) is 0 Å². The summed E-state index contributed by atoms with van der Waals surface area (Å²) >= 11 is 0. The fraction of sp³-hybridized carbons (Fsp3) is 1.00. The van der Waals surface area contributed by atoms with Crippen molar-refractivity contribution in [1.82, 2.24) is 0 Å². The van der Waals surface area contributed by atoms with Gasteiger partial charge in [0.2, 0.25) is 5.67 Å². The molecule has 0 aromatic carbocycles. The Morgan fingerprint density at radius 2 is 1.41 bits per heavy atom. The quantitative estimate of drug-likeness (QED) is 0.613. The summed E-state index contributed by atoms with van der Waals surface area (Å²) in [7, 11) is 0. The molecule has 2 unspecified atom stereocenters. The maximum Gasteiger partial charge on any atom is 0.422 e. The molecule has 7 heteroatoms. The zero-order valence-electron chi connectivity index (χ0n) is 9.55. The van der Waals surface area contributed by atoms with Crippen LogP contribution in [0, 0.1) is 5.92 Å². The number of alkyl halides is 7. The van der Waals surface area contributed by atoms with Crippen molar-refractivity contribution in [1.29, 1.82) is 0 Å². The molecule has 0 bridgehead atoms. The Hall–Kier alpha value is -0.490. The second-order valence-electron chi connectivity index (χ2n) is 4.23. The molecule has 17 heavy (non-hydrogen) atoms. The Labute approximate surface area is 95.2 Å². The van der Waals surface area contributed by atoms with Gasteiger partial charge in [0.05, 0.1) is 5.92 Å². The molecule has 0 aromatic heterocycles. The van der Waals surface area contributed by atoms with E-state index in [1.54, 1.807) is 0 Å². The summed E-state index contributed by atoms with van der Waals surface area (Å²) < 4.78 is 86.0. The van der Waals surface area contributed by atoms with Gasteiger partial charge < -0.3 is 0 Å². The molecular weight excluding hydrogens is 253 g/mol. The van der Waals surface area contributed by atoms with Crippen LogP contribution >= 0.6 is 0 Å². The highest BCUT2D eigenvalue weighted by Gasteiger charge is 2.51. The number of halogens is 7. The van der Waals surface area contributed by atoms with Crippen molar-refractivity contribution >= 4 is 0 Å². The van der Waals surface area contributed by atoms with Crippen molar-refractivity contribution in [2.24, 2.45) is 5.92 Å². The van der Waals surface area contributed by atoms with Crippen LogP contribution in [0.3, 0.4) is 0 Å². The summed E-state index contributed by atoms with van der Waals surface area (Å²) in [6, 6.07) is 0. The lowest BCUT2D eigenvalue weighted by Crippen LogP contribution is -2.37. The van der Waals surface area contributed by atoms with Crippen LogP contribution in [0.5, 0.6) is 0 Å². The van der Waals surface area contributed by atoms with Gasteiger partial charge in [-0.2, -0.15) is 26.3 Å². The fourth-order valence-electron chi connectivity index (χ4n) is 1.42. The smallest absolute Gasteiger partial charge is 0.234 e. The minimum atomic E-state index is -5.03. The van der Waals surface area contributed by atoms with E-state index in [1.807, 2.05) is 0 Å². The summed E-state index contributed by atoms with van der Waals surface area (Å²) in [5.41, 5.74) is -3.42. The Bertz CT molecular complexity index is 226. The second kappa shape index (κ2) is 5.44. The van der Waals surface area contributed by atoms with Gasteiger partial charge in [0.25, 0.3) is 0 Å². The molecule has 0 spiro atoms. The van der Waals surface area contributed by atoms with Gasteiger partial charge >= 0.3 is 12.4 Å². The van der Waals surface area contributed by atoms with E-state index in [0.717, 1.165) is 0 Å². The SMILES string of the molecule is CCC(CCCC(C)(F)C(F)(F)F)C(F)(F)F. The third kappa shape index (κ3) is 5.12. The van der Waals surface area contributed by atoms with E-state index in [-0.39, 0.29) is 6.42 Å². The molecule has 0 radical (unpaired) electrons. The summed E-state index contributed by atoms with van der Waals surface area (Å²) in [5.74, 6) is -1.66. The van der Waals surface area contributed by atoms with E-state index in [4.69, 9.17) is 0 Å². The van der Waals surface area contributed by atoms with Crippen LogP contribution in [0.2, 0.25) is 0 Å². The number of hydrogen-bond acceptors (Lipinski definition) is 0. The maximum atomic E-state index is 13.0. The maximum absolute atomic E-state index is 13.0. The molecule has 0 saturated carbocycles. The van der Waals surface area contributed by atoms with Crippen molar-refractivity contribution < 1.29 is 30.7 Å². The van der Waals surface area contributed by atoms with Crippen molar-refractivity contribution in [3.8, 4) is 0 Å². The minimum Gasteiger partial charge on any atom is -0.234 e. The molecule has 0 fully saturated rings. The third-order valence-corrected chi connectivity index (χ3v) is 2.75. The zero-order chi connectivity index (χ0) is 13.9. The summed E-state index contributed by atoms with van der Waals surface area (Å²) in [4.78, 5) is 0. The molecule has 104 valence electrons. The van der Waals surface area contributed by atoms with E-state index in [2.05, 4.69) is 0 Å². The highest BCUT2D eigenvalue weighted by molar-refractivity contribution is 4.82. The largest absolute Gasteiger partial charge is 0.422 e. The van der Waals surface area contributed by atoms with E-state index in [0.29, 0.717) is 6.92 Å². The van der Waals surface area contributed by atoms with Crippen molar-refractivity contribution in [2.45, 2.75) is 57.6 Å². The molecule has 0 aliphatic carbocycles. The molecule has 0 heterocycles. The standard InChI is InChI=1S/C10H15F7/c1-3-7(9(12,13)14)5-4-6-8(2,11)10(15,16)17/h7H,3-6H2,1-2H3. The monoisotopic (exact) mass is 268 g/mol. The molecule has 0 aliphatic heterocycles. The second-order valence-corrected chi connectivity index (χ2v) is 4.23. The van der Waals surface area contributed by atoms with Crippen LogP contribution in [0.15, 0.2) is 0 Å². The van der Waals surface area contributed by atoms with Gasteiger partial charge in [0.15, 0.2) is 0 Å². The highest BCUT2D eigenvalue weighted by Crippen LogP contribution is 2.39. The first-order valence-corrected chi connectivity index (χ1v) is 5.24. The molecule has 0 saturated heterocycles. The lowest BCUT2D eigenvalue weighted by atomic mass is 9.93. The summed E-state index contributed by atoms with van der Waals surface area (Å²) in [6.45, 7) is 1.65. The van der Waals surface area contributed by atoms with Crippen LogP contribution in [0.1, 0.15) is 39.5 Å². The first-order chi connectivity index (χ1) is 7.42. The van der Waals surface area contributed by atoms with Crippen LogP contribution in [0.4, 0.5) is 30.7 Å². The zero-order valence-corrected chi connectivity index (χ0v) is 9.55. The number of hydrogen-bond donors (Lipinski definition) is 0. The van der Waals surface area contributed by atoms with Crippen molar-refractivity contribution in [2.75, 3.05) is 0 Å². The molecule has 0 N–H and O–H groups in total. The van der Waals surface area contributed by atoms with E-state index in [9.17, 15) is 30.7 Å². The van der Waals surface area contributed by atoms with Gasteiger partial charge in [0, 0.05) is 0 Å². The molecule has 0 aromatic rings. The molecule has 0 aliphatic rings. The molecule has 0 amide bonds. The average molecular weight is 268 g/mol. The fourth-order valence-corrected chi connectivity index (χ4v) is 1.42. The van der Waals surface area contributed by atoms with Gasteiger partial charge in [-0.3, -0.25) is 0 Å². The summed E-state index contributed by atoms with van der Waals surface area (Å²) in [5, 5.41) is 0.